The van der Waals surface area contributed by atoms with Crippen molar-refractivity contribution < 1.29 is 14.3 Å². The van der Waals surface area contributed by atoms with Crippen LogP contribution in [0.15, 0.2) is 42.5 Å². The van der Waals surface area contributed by atoms with E-state index in [4.69, 9.17) is 17.0 Å². The molecule has 28 heavy (non-hydrogen) atoms. The third kappa shape index (κ3) is 5.79. The van der Waals surface area contributed by atoms with Crippen molar-refractivity contribution in [1.29, 1.82) is 0 Å². The Hall–Kier alpha value is -2.93. The van der Waals surface area contributed by atoms with E-state index in [0.29, 0.717) is 29.1 Å². The van der Waals surface area contributed by atoms with Gasteiger partial charge in [0.15, 0.2) is 5.11 Å². The molecule has 2 rings (SSSR count). The van der Waals surface area contributed by atoms with Gasteiger partial charge in [-0.3, -0.25) is 14.9 Å². The summed E-state index contributed by atoms with van der Waals surface area (Å²) in [6, 6.07) is 12.4. The van der Waals surface area contributed by atoms with Crippen LogP contribution in [-0.2, 0) is 4.79 Å². The first-order valence-corrected chi connectivity index (χ1v) is 9.50. The summed E-state index contributed by atoms with van der Waals surface area (Å²) in [5.41, 5.74) is 2.62. The van der Waals surface area contributed by atoms with Gasteiger partial charge < -0.3 is 15.4 Å². The number of rotatable bonds is 6. The maximum absolute atomic E-state index is 12.6. The minimum atomic E-state index is -0.359. The first kappa shape index (κ1) is 21.4. The second-order valence-corrected chi connectivity index (χ2v) is 6.86. The summed E-state index contributed by atoms with van der Waals surface area (Å²) in [6.07, 6.45) is 0.339. The van der Waals surface area contributed by atoms with E-state index in [9.17, 15) is 9.59 Å². The van der Waals surface area contributed by atoms with Gasteiger partial charge in [-0.2, -0.15) is 0 Å². The van der Waals surface area contributed by atoms with E-state index in [1.54, 1.807) is 31.2 Å². The zero-order valence-electron chi connectivity index (χ0n) is 16.5. The maximum Gasteiger partial charge on any atom is 0.261 e. The van der Waals surface area contributed by atoms with Crippen LogP contribution in [0, 0.1) is 6.92 Å². The molecule has 2 aromatic rings. The van der Waals surface area contributed by atoms with E-state index in [2.05, 4.69) is 16.0 Å². The van der Waals surface area contributed by atoms with E-state index < -0.39 is 0 Å². The summed E-state index contributed by atoms with van der Waals surface area (Å²) in [5.74, 6) is 0.0676. The highest BCUT2D eigenvalue weighted by Crippen LogP contribution is 2.24. The largest absolute Gasteiger partial charge is 0.490 e. The number of carbonyl (C=O) groups is 2. The molecule has 0 radical (unpaired) electrons. The van der Waals surface area contributed by atoms with E-state index in [1.807, 2.05) is 39.0 Å². The molecule has 0 aliphatic rings. The van der Waals surface area contributed by atoms with E-state index in [1.165, 1.54) is 0 Å². The number of hydrogen-bond donors (Lipinski definition) is 3. The number of anilines is 2. The Morgan fingerprint density at radius 3 is 2.32 bits per heavy atom. The highest BCUT2D eigenvalue weighted by atomic mass is 32.1. The Kier molecular flexibility index (Phi) is 7.52. The van der Waals surface area contributed by atoms with Gasteiger partial charge in [0.05, 0.1) is 11.7 Å². The molecule has 0 heterocycles. The summed E-state index contributed by atoms with van der Waals surface area (Å²) < 4.78 is 5.68. The van der Waals surface area contributed by atoms with Crippen molar-refractivity contribution in [3.63, 3.8) is 0 Å². The molecule has 148 valence electrons. The van der Waals surface area contributed by atoms with Crippen molar-refractivity contribution in [2.75, 3.05) is 10.6 Å². The Morgan fingerprint density at radius 1 is 1.04 bits per heavy atom. The molecular weight excluding hydrogens is 374 g/mol. The van der Waals surface area contributed by atoms with Crippen molar-refractivity contribution in [1.82, 2.24) is 5.32 Å². The van der Waals surface area contributed by atoms with E-state index in [0.717, 1.165) is 5.56 Å². The molecule has 0 aliphatic heterocycles. The fourth-order valence-corrected chi connectivity index (χ4v) is 2.68. The topological polar surface area (TPSA) is 79.5 Å². The molecule has 2 amide bonds. The number of benzene rings is 2. The zero-order valence-corrected chi connectivity index (χ0v) is 17.3. The normalized spacial score (nSPS) is 10.3. The fourth-order valence-electron chi connectivity index (χ4n) is 2.48. The quantitative estimate of drug-likeness (QED) is 0.633. The highest BCUT2D eigenvalue weighted by molar-refractivity contribution is 7.80. The minimum absolute atomic E-state index is 0.0530. The number of nitrogens with one attached hydrogen (secondary N) is 3. The maximum atomic E-state index is 12.6. The van der Waals surface area contributed by atoms with Gasteiger partial charge in [0, 0.05) is 17.8 Å². The molecule has 0 saturated carbocycles. The highest BCUT2D eigenvalue weighted by Gasteiger charge is 2.15. The number of ether oxygens (including phenoxy) is 1. The SMILES string of the molecule is CCC(=O)Nc1cccc(NC(=S)NC(=O)c2ccccc2OC(C)C)c1C. The predicted octanol–water partition coefficient (Wildman–Crippen LogP) is 4.26. The van der Waals surface area contributed by atoms with Gasteiger partial charge in [-0.25, -0.2) is 0 Å². The molecule has 2 aromatic carbocycles. The van der Waals surface area contributed by atoms with Crippen LogP contribution in [-0.4, -0.2) is 23.0 Å². The Morgan fingerprint density at radius 2 is 1.68 bits per heavy atom. The van der Waals surface area contributed by atoms with Gasteiger partial charge in [0.1, 0.15) is 5.75 Å². The summed E-state index contributed by atoms with van der Waals surface area (Å²) in [6.45, 7) is 7.45. The molecule has 0 bridgehead atoms. The number of amides is 2. The smallest absolute Gasteiger partial charge is 0.261 e. The van der Waals surface area contributed by atoms with E-state index in [-0.39, 0.29) is 23.0 Å². The van der Waals surface area contributed by atoms with Crippen molar-refractivity contribution in [2.45, 2.75) is 40.2 Å². The number of para-hydroxylation sites is 1. The van der Waals surface area contributed by atoms with Gasteiger partial charge in [0.25, 0.3) is 5.91 Å². The first-order valence-electron chi connectivity index (χ1n) is 9.09. The molecule has 0 aliphatic carbocycles. The van der Waals surface area contributed by atoms with Crippen LogP contribution < -0.4 is 20.7 Å². The third-order valence-electron chi connectivity index (χ3n) is 3.90. The van der Waals surface area contributed by atoms with Crippen LogP contribution >= 0.6 is 12.2 Å². The Balaban J connectivity index is 2.10. The van der Waals surface area contributed by atoms with Crippen LogP contribution in [0.1, 0.15) is 43.1 Å². The summed E-state index contributed by atoms with van der Waals surface area (Å²) in [4.78, 5) is 24.3. The molecule has 0 atom stereocenters. The van der Waals surface area contributed by atoms with Crippen LogP contribution in [0.4, 0.5) is 11.4 Å². The predicted molar refractivity (Wildman–Crippen MR) is 116 cm³/mol. The second-order valence-electron chi connectivity index (χ2n) is 6.45. The zero-order chi connectivity index (χ0) is 20.7. The Bertz CT molecular complexity index is 881. The average molecular weight is 400 g/mol. The van der Waals surface area contributed by atoms with Gasteiger partial charge in [-0.05, 0) is 62.8 Å². The molecule has 3 N–H and O–H groups in total. The summed E-state index contributed by atoms with van der Waals surface area (Å²) in [7, 11) is 0. The van der Waals surface area contributed by atoms with E-state index >= 15 is 0 Å². The summed E-state index contributed by atoms with van der Waals surface area (Å²) >= 11 is 5.29. The first-order chi connectivity index (χ1) is 13.3. The van der Waals surface area contributed by atoms with Crippen LogP contribution in [0.2, 0.25) is 0 Å². The lowest BCUT2D eigenvalue weighted by Crippen LogP contribution is -2.34. The van der Waals surface area contributed by atoms with Crippen LogP contribution in [0.3, 0.4) is 0 Å². The molecule has 0 spiro atoms. The molecule has 0 fully saturated rings. The minimum Gasteiger partial charge on any atom is -0.490 e. The molecule has 0 saturated heterocycles. The lowest BCUT2D eigenvalue weighted by Gasteiger charge is -2.16. The van der Waals surface area contributed by atoms with Gasteiger partial charge in [-0.1, -0.05) is 25.1 Å². The number of thiocarbonyl (C=S) groups is 1. The number of carbonyl (C=O) groups excluding carboxylic acids is 2. The van der Waals surface area contributed by atoms with Crippen molar-refractivity contribution in [3.8, 4) is 5.75 Å². The number of hydrogen-bond acceptors (Lipinski definition) is 4. The fraction of sp³-hybridized carbons (Fsp3) is 0.286. The van der Waals surface area contributed by atoms with Gasteiger partial charge >= 0.3 is 0 Å². The molecule has 0 unspecified atom stereocenters. The monoisotopic (exact) mass is 399 g/mol. The Labute approximate surface area is 170 Å². The lowest BCUT2D eigenvalue weighted by atomic mass is 10.1. The van der Waals surface area contributed by atoms with Gasteiger partial charge in [-0.15, -0.1) is 0 Å². The average Bonchev–Trinajstić information content (AvgIpc) is 2.64. The molecular formula is C21H25N3O3S. The molecule has 0 aromatic heterocycles. The lowest BCUT2D eigenvalue weighted by molar-refractivity contribution is -0.115. The van der Waals surface area contributed by atoms with Crippen molar-refractivity contribution in [2.24, 2.45) is 0 Å². The van der Waals surface area contributed by atoms with Crippen LogP contribution in [0.5, 0.6) is 5.75 Å². The summed E-state index contributed by atoms with van der Waals surface area (Å²) in [5, 5.41) is 8.68. The van der Waals surface area contributed by atoms with Gasteiger partial charge in [0.2, 0.25) is 5.91 Å². The van der Waals surface area contributed by atoms with Crippen LogP contribution in [0.25, 0.3) is 0 Å². The molecule has 7 heteroatoms. The molecule has 6 nitrogen and oxygen atoms in total. The standard InChI is InChI=1S/C21H25N3O3S/c1-5-19(25)22-16-10-8-11-17(14(16)4)23-21(28)24-20(26)15-9-6-7-12-18(15)27-13(2)3/h6-13H,5H2,1-4H3,(H,22,25)(H2,23,24,26,28). The second kappa shape index (κ2) is 9.85. The third-order valence-corrected chi connectivity index (χ3v) is 4.10. The van der Waals surface area contributed by atoms with Crippen molar-refractivity contribution in [3.05, 3.63) is 53.6 Å². The van der Waals surface area contributed by atoms with Crippen molar-refractivity contribution >= 4 is 40.5 Å².